The Hall–Kier alpha value is -1.62. The Kier molecular flexibility index (Phi) is 3.36. The van der Waals surface area contributed by atoms with Crippen LogP contribution in [-0.4, -0.2) is 37.4 Å². The summed E-state index contributed by atoms with van der Waals surface area (Å²) in [6.45, 7) is 3.71. The third-order valence-electron chi connectivity index (χ3n) is 2.73. The van der Waals surface area contributed by atoms with Crippen molar-refractivity contribution >= 4 is 12.1 Å². The molecule has 0 aliphatic carbocycles. The minimum atomic E-state index is -0.315. The van der Waals surface area contributed by atoms with Crippen LogP contribution >= 0.6 is 0 Å². The lowest BCUT2D eigenvalue weighted by atomic mass is 10.3. The van der Waals surface area contributed by atoms with Crippen molar-refractivity contribution in [1.82, 2.24) is 10.3 Å². The van der Waals surface area contributed by atoms with E-state index in [-0.39, 0.29) is 11.1 Å². The average Bonchev–Trinajstić information content (AvgIpc) is 2.57. The smallest absolute Gasteiger partial charge is 0.260 e. The molecule has 0 bridgehead atoms. The van der Waals surface area contributed by atoms with Gasteiger partial charge in [0.1, 0.15) is 5.82 Å². The Labute approximate surface area is 93.5 Å². The Morgan fingerprint density at radius 1 is 1.25 bits per heavy atom. The van der Waals surface area contributed by atoms with Crippen molar-refractivity contribution in [3.05, 3.63) is 28.0 Å². The van der Waals surface area contributed by atoms with Crippen LogP contribution in [0.15, 0.2) is 16.9 Å². The van der Waals surface area contributed by atoms with Gasteiger partial charge in [0.05, 0.1) is 5.56 Å². The number of pyridine rings is 1. The minimum absolute atomic E-state index is 0.177. The summed E-state index contributed by atoms with van der Waals surface area (Å²) >= 11 is 0. The maximum Gasteiger partial charge on any atom is 0.260 e. The van der Waals surface area contributed by atoms with E-state index >= 15 is 0 Å². The van der Waals surface area contributed by atoms with Crippen molar-refractivity contribution in [3.63, 3.8) is 0 Å². The van der Waals surface area contributed by atoms with Crippen LogP contribution in [0.1, 0.15) is 16.8 Å². The molecule has 1 fully saturated rings. The summed E-state index contributed by atoms with van der Waals surface area (Å²) in [4.78, 5) is 26.9. The summed E-state index contributed by atoms with van der Waals surface area (Å²) in [7, 11) is 0. The van der Waals surface area contributed by atoms with E-state index in [9.17, 15) is 9.59 Å². The Morgan fingerprint density at radius 2 is 2.12 bits per heavy atom. The van der Waals surface area contributed by atoms with Crippen molar-refractivity contribution in [2.45, 2.75) is 6.42 Å². The highest BCUT2D eigenvalue weighted by molar-refractivity contribution is 5.74. The van der Waals surface area contributed by atoms with Crippen LogP contribution < -0.4 is 15.8 Å². The quantitative estimate of drug-likeness (QED) is 0.689. The van der Waals surface area contributed by atoms with E-state index in [0.29, 0.717) is 6.29 Å². The van der Waals surface area contributed by atoms with Gasteiger partial charge in [-0.05, 0) is 25.1 Å². The minimum Gasteiger partial charge on any atom is -0.357 e. The van der Waals surface area contributed by atoms with Gasteiger partial charge in [-0.2, -0.15) is 0 Å². The molecular weight excluding hydrogens is 206 g/mol. The van der Waals surface area contributed by atoms with Gasteiger partial charge in [0.2, 0.25) is 0 Å². The summed E-state index contributed by atoms with van der Waals surface area (Å²) in [6.07, 6.45) is 1.63. The number of carbonyl (C=O) groups excluding carboxylic acids is 1. The van der Waals surface area contributed by atoms with E-state index in [4.69, 9.17) is 0 Å². The van der Waals surface area contributed by atoms with Crippen LogP contribution in [0, 0.1) is 0 Å². The predicted octanol–water partition coefficient (Wildman–Crippen LogP) is -0.0129. The molecule has 2 N–H and O–H groups in total. The van der Waals surface area contributed by atoms with E-state index in [1.54, 1.807) is 12.1 Å². The summed E-state index contributed by atoms with van der Waals surface area (Å²) in [6, 6.07) is 3.36. The van der Waals surface area contributed by atoms with Crippen LogP contribution in [0.2, 0.25) is 0 Å². The first kappa shape index (κ1) is 10.9. The number of carbonyl (C=O) groups is 1. The van der Waals surface area contributed by atoms with Crippen molar-refractivity contribution in [2.75, 3.05) is 31.1 Å². The average molecular weight is 221 g/mol. The summed E-state index contributed by atoms with van der Waals surface area (Å²) in [5, 5.41) is 3.29. The maximum atomic E-state index is 11.5. The number of aromatic nitrogens is 1. The Bertz CT molecular complexity index is 419. The van der Waals surface area contributed by atoms with E-state index in [1.165, 1.54) is 0 Å². The highest BCUT2D eigenvalue weighted by Gasteiger charge is 2.10. The number of hydrogen-bond acceptors (Lipinski definition) is 4. The second kappa shape index (κ2) is 4.94. The summed E-state index contributed by atoms with van der Waals surface area (Å²) < 4.78 is 0. The Balaban J connectivity index is 2.22. The van der Waals surface area contributed by atoms with Gasteiger partial charge in [-0.1, -0.05) is 0 Å². The van der Waals surface area contributed by atoms with Crippen molar-refractivity contribution in [1.29, 1.82) is 0 Å². The molecule has 2 rings (SSSR count). The second-order valence-electron chi connectivity index (χ2n) is 3.84. The molecule has 0 amide bonds. The van der Waals surface area contributed by atoms with Gasteiger partial charge in [0.15, 0.2) is 6.29 Å². The fourth-order valence-electron chi connectivity index (χ4n) is 1.84. The fourth-order valence-corrected chi connectivity index (χ4v) is 1.84. The second-order valence-corrected chi connectivity index (χ2v) is 3.84. The molecule has 0 spiro atoms. The van der Waals surface area contributed by atoms with E-state index in [1.807, 2.05) is 0 Å². The van der Waals surface area contributed by atoms with Crippen molar-refractivity contribution < 1.29 is 4.79 Å². The molecule has 0 radical (unpaired) electrons. The number of hydrogen-bond donors (Lipinski definition) is 2. The van der Waals surface area contributed by atoms with Gasteiger partial charge in [-0.25, -0.2) is 0 Å². The summed E-state index contributed by atoms with van der Waals surface area (Å²) in [5.41, 5.74) is -0.138. The normalized spacial score (nSPS) is 16.9. The van der Waals surface area contributed by atoms with Crippen LogP contribution in [0.25, 0.3) is 0 Å². The molecule has 1 aliphatic heterocycles. The topological polar surface area (TPSA) is 65.2 Å². The number of H-pyrrole nitrogens is 1. The molecule has 2 heterocycles. The first-order valence-electron chi connectivity index (χ1n) is 5.45. The van der Waals surface area contributed by atoms with E-state index in [2.05, 4.69) is 15.2 Å². The van der Waals surface area contributed by atoms with Gasteiger partial charge >= 0.3 is 0 Å². The van der Waals surface area contributed by atoms with Crippen LogP contribution in [0.5, 0.6) is 0 Å². The zero-order valence-corrected chi connectivity index (χ0v) is 9.03. The van der Waals surface area contributed by atoms with Crippen molar-refractivity contribution in [3.8, 4) is 0 Å². The van der Waals surface area contributed by atoms with Gasteiger partial charge in [-0.15, -0.1) is 0 Å². The zero-order chi connectivity index (χ0) is 11.4. The van der Waals surface area contributed by atoms with E-state index < -0.39 is 0 Å². The van der Waals surface area contributed by atoms with Crippen LogP contribution in [0.3, 0.4) is 0 Å². The molecule has 1 aromatic rings. The fraction of sp³-hybridized carbons (Fsp3) is 0.455. The maximum absolute atomic E-state index is 11.5. The van der Waals surface area contributed by atoms with Crippen molar-refractivity contribution in [2.24, 2.45) is 0 Å². The summed E-state index contributed by atoms with van der Waals surface area (Å²) in [5.74, 6) is 0.791. The molecule has 1 saturated heterocycles. The molecule has 1 aromatic heterocycles. The highest BCUT2D eigenvalue weighted by Crippen LogP contribution is 2.09. The molecule has 0 saturated carbocycles. The lowest BCUT2D eigenvalue weighted by Crippen LogP contribution is -2.30. The Morgan fingerprint density at radius 3 is 2.88 bits per heavy atom. The standard InChI is InChI=1S/C11H15N3O2/c15-8-9-2-3-10(13-11(9)16)14-6-1-4-12-5-7-14/h2-3,8,12H,1,4-7H2,(H,13,16). The third-order valence-corrected chi connectivity index (χ3v) is 2.73. The molecular formula is C11H15N3O2. The number of anilines is 1. The van der Waals surface area contributed by atoms with Crippen LogP contribution in [-0.2, 0) is 0 Å². The molecule has 5 nitrogen and oxygen atoms in total. The van der Waals surface area contributed by atoms with Gasteiger partial charge in [0, 0.05) is 19.6 Å². The molecule has 0 unspecified atom stereocenters. The largest absolute Gasteiger partial charge is 0.357 e. The van der Waals surface area contributed by atoms with Gasteiger partial charge in [0.25, 0.3) is 5.56 Å². The predicted molar refractivity (Wildman–Crippen MR) is 62.1 cm³/mol. The molecule has 1 aliphatic rings. The number of aromatic amines is 1. The monoisotopic (exact) mass is 221 g/mol. The number of nitrogens with one attached hydrogen (secondary N) is 2. The van der Waals surface area contributed by atoms with Crippen LogP contribution in [0.4, 0.5) is 5.82 Å². The molecule has 5 heteroatoms. The first-order chi connectivity index (χ1) is 7.81. The molecule has 86 valence electrons. The lowest BCUT2D eigenvalue weighted by Gasteiger charge is -2.21. The van der Waals surface area contributed by atoms with Gasteiger partial charge in [-0.3, -0.25) is 9.59 Å². The number of nitrogens with zero attached hydrogens (tertiary/aromatic N) is 1. The third kappa shape index (κ3) is 2.30. The molecule has 0 aromatic carbocycles. The van der Waals surface area contributed by atoms with E-state index in [0.717, 1.165) is 38.4 Å². The van der Waals surface area contributed by atoms with Gasteiger partial charge < -0.3 is 15.2 Å². The lowest BCUT2D eigenvalue weighted by molar-refractivity contribution is 0.112. The highest BCUT2D eigenvalue weighted by atomic mass is 16.1. The molecule has 0 atom stereocenters. The first-order valence-corrected chi connectivity index (χ1v) is 5.45. The zero-order valence-electron chi connectivity index (χ0n) is 9.03. The number of aldehydes is 1. The molecule has 16 heavy (non-hydrogen) atoms. The number of rotatable bonds is 2. The SMILES string of the molecule is O=Cc1ccc(N2CCCNCC2)[nH]c1=O.